The van der Waals surface area contributed by atoms with E-state index in [-0.39, 0.29) is 0 Å². The lowest BCUT2D eigenvalue weighted by atomic mass is 10.0. The molecule has 2 nitrogen and oxygen atoms in total. The van der Waals surface area contributed by atoms with Crippen molar-refractivity contribution in [3.05, 3.63) is 35.9 Å². The molecule has 1 aromatic rings. The van der Waals surface area contributed by atoms with E-state index in [1.807, 2.05) is 0 Å². The summed E-state index contributed by atoms with van der Waals surface area (Å²) in [5, 5.41) is 0. The second-order valence-corrected chi connectivity index (χ2v) is 4.99. The van der Waals surface area contributed by atoms with Gasteiger partial charge in [0.05, 0.1) is 0 Å². The van der Waals surface area contributed by atoms with Gasteiger partial charge in [-0.1, -0.05) is 30.3 Å². The summed E-state index contributed by atoms with van der Waals surface area (Å²) in [6.45, 7) is 6.75. The van der Waals surface area contributed by atoms with Gasteiger partial charge in [-0.2, -0.15) is 0 Å². The summed E-state index contributed by atoms with van der Waals surface area (Å²) in [7, 11) is 0. The van der Waals surface area contributed by atoms with Crippen molar-refractivity contribution in [1.29, 1.82) is 0 Å². The molecule has 2 heteroatoms. The minimum atomic E-state index is 0.327. The second-order valence-electron chi connectivity index (χ2n) is 4.99. The van der Waals surface area contributed by atoms with Gasteiger partial charge in [0.2, 0.25) is 0 Å². The van der Waals surface area contributed by atoms with Crippen LogP contribution in [0.4, 0.5) is 0 Å². The van der Waals surface area contributed by atoms with E-state index in [0.717, 1.165) is 6.54 Å². The van der Waals surface area contributed by atoms with Crippen molar-refractivity contribution < 1.29 is 0 Å². The van der Waals surface area contributed by atoms with Crippen LogP contribution in [-0.4, -0.2) is 24.0 Å². The van der Waals surface area contributed by atoms with E-state index < -0.39 is 0 Å². The quantitative estimate of drug-likeness (QED) is 0.844. The van der Waals surface area contributed by atoms with Crippen LogP contribution in [-0.2, 0) is 0 Å². The summed E-state index contributed by atoms with van der Waals surface area (Å²) in [5.41, 5.74) is 7.38. The summed E-state index contributed by atoms with van der Waals surface area (Å²) >= 11 is 0. The zero-order valence-corrected chi connectivity index (χ0v) is 10.3. The van der Waals surface area contributed by atoms with Crippen LogP contribution >= 0.6 is 0 Å². The third-order valence-corrected chi connectivity index (χ3v) is 3.83. The molecule has 0 saturated carbocycles. The lowest BCUT2D eigenvalue weighted by Gasteiger charge is -2.25. The maximum atomic E-state index is 5.97. The van der Waals surface area contributed by atoms with Crippen molar-refractivity contribution in [1.82, 2.24) is 4.90 Å². The smallest absolute Gasteiger partial charge is 0.0320 e. The largest absolute Gasteiger partial charge is 0.328 e. The van der Waals surface area contributed by atoms with Crippen LogP contribution in [0.2, 0.25) is 0 Å². The first kappa shape index (κ1) is 11.6. The van der Waals surface area contributed by atoms with Crippen LogP contribution in [0.3, 0.4) is 0 Å². The van der Waals surface area contributed by atoms with Crippen LogP contribution in [0.15, 0.2) is 30.3 Å². The highest BCUT2D eigenvalue weighted by Gasteiger charge is 2.28. The fourth-order valence-corrected chi connectivity index (χ4v) is 2.54. The third kappa shape index (κ3) is 2.45. The number of hydrogen-bond acceptors (Lipinski definition) is 2. The van der Waals surface area contributed by atoms with Gasteiger partial charge in [0, 0.05) is 18.6 Å². The van der Waals surface area contributed by atoms with Gasteiger partial charge in [-0.25, -0.2) is 0 Å². The number of nitrogens with two attached hydrogens (primary N) is 1. The van der Waals surface area contributed by atoms with Gasteiger partial charge in [-0.05, 0) is 38.3 Å². The standard InChI is InChI=1S/C14H22N2/c1-11(15)14-8-9-16(10-14)12(2)13-6-4-3-5-7-13/h3-7,11-12,14H,8-10,15H2,1-2H3/t11-,12+,14-/m0/s1. The molecular formula is C14H22N2. The summed E-state index contributed by atoms with van der Waals surface area (Å²) in [4.78, 5) is 2.54. The molecule has 1 aliphatic rings. The Kier molecular flexibility index (Phi) is 3.62. The molecule has 0 radical (unpaired) electrons. The molecule has 1 aliphatic heterocycles. The molecule has 1 fully saturated rings. The molecule has 0 spiro atoms. The molecule has 1 saturated heterocycles. The van der Waals surface area contributed by atoms with E-state index >= 15 is 0 Å². The van der Waals surface area contributed by atoms with Gasteiger partial charge in [-0.15, -0.1) is 0 Å². The van der Waals surface area contributed by atoms with E-state index in [4.69, 9.17) is 5.73 Å². The Morgan fingerprint density at radius 1 is 1.25 bits per heavy atom. The normalized spacial score (nSPS) is 25.6. The van der Waals surface area contributed by atoms with Crippen LogP contribution < -0.4 is 5.73 Å². The van der Waals surface area contributed by atoms with Gasteiger partial charge in [-0.3, -0.25) is 4.90 Å². The molecule has 0 bridgehead atoms. The van der Waals surface area contributed by atoms with E-state index in [0.29, 0.717) is 18.0 Å². The highest BCUT2D eigenvalue weighted by atomic mass is 15.2. The molecular weight excluding hydrogens is 196 g/mol. The molecule has 0 aliphatic carbocycles. The zero-order valence-electron chi connectivity index (χ0n) is 10.3. The molecule has 16 heavy (non-hydrogen) atoms. The second kappa shape index (κ2) is 4.98. The van der Waals surface area contributed by atoms with Crippen LogP contribution in [0, 0.1) is 5.92 Å². The first-order valence-corrected chi connectivity index (χ1v) is 6.23. The van der Waals surface area contributed by atoms with Crippen LogP contribution in [0.1, 0.15) is 31.9 Å². The minimum Gasteiger partial charge on any atom is -0.328 e. The fraction of sp³-hybridized carbons (Fsp3) is 0.571. The number of nitrogens with zero attached hydrogens (tertiary/aromatic N) is 1. The Bertz CT molecular complexity index is 321. The molecule has 0 amide bonds. The first-order valence-electron chi connectivity index (χ1n) is 6.23. The summed E-state index contributed by atoms with van der Waals surface area (Å²) in [5.74, 6) is 0.672. The average molecular weight is 218 g/mol. The van der Waals surface area contributed by atoms with Gasteiger partial charge in [0.15, 0.2) is 0 Å². The van der Waals surface area contributed by atoms with E-state index in [9.17, 15) is 0 Å². The Balaban J connectivity index is 2.00. The number of likely N-dealkylation sites (tertiary alicyclic amines) is 1. The van der Waals surface area contributed by atoms with E-state index in [2.05, 4.69) is 49.1 Å². The number of rotatable bonds is 3. The Morgan fingerprint density at radius 3 is 2.50 bits per heavy atom. The molecule has 88 valence electrons. The molecule has 3 atom stereocenters. The average Bonchev–Trinajstić information content (AvgIpc) is 2.78. The lowest BCUT2D eigenvalue weighted by molar-refractivity contribution is 0.248. The molecule has 1 heterocycles. The Hall–Kier alpha value is -0.860. The van der Waals surface area contributed by atoms with E-state index in [1.54, 1.807) is 0 Å². The predicted octanol–water partition coefficient (Wildman–Crippen LogP) is 2.42. The number of hydrogen-bond donors (Lipinski definition) is 1. The van der Waals surface area contributed by atoms with Crippen molar-refractivity contribution in [2.45, 2.75) is 32.4 Å². The summed E-state index contributed by atoms with van der Waals surface area (Å²) in [6.07, 6.45) is 1.24. The molecule has 0 unspecified atom stereocenters. The summed E-state index contributed by atoms with van der Waals surface area (Å²) in [6, 6.07) is 11.6. The van der Waals surface area contributed by atoms with Crippen LogP contribution in [0.25, 0.3) is 0 Å². The third-order valence-electron chi connectivity index (χ3n) is 3.83. The van der Waals surface area contributed by atoms with Crippen molar-refractivity contribution in [3.8, 4) is 0 Å². The van der Waals surface area contributed by atoms with E-state index in [1.165, 1.54) is 18.5 Å². The number of benzene rings is 1. The molecule has 2 N–H and O–H groups in total. The molecule has 0 aromatic heterocycles. The van der Waals surface area contributed by atoms with Crippen molar-refractivity contribution in [2.75, 3.05) is 13.1 Å². The maximum absolute atomic E-state index is 5.97. The van der Waals surface area contributed by atoms with Crippen molar-refractivity contribution in [3.63, 3.8) is 0 Å². The monoisotopic (exact) mass is 218 g/mol. The SMILES string of the molecule is C[C@H](N)[C@H]1CCN([C@H](C)c2ccccc2)C1. The molecule has 1 aromatic carbocycles. The van der Waals surface area contributed by atoms with Gasteiger partial charge >= 0.3 is 0 Å². The zero-order chi connectivity index (χ0) is 11.5. The minimum absolute atomic E-state index is 0.327. The first-order chi connectivity index (χ1) is 7.68. The molecule has 2 rings (SSSR count). The van der Waals surface area contributed by atoms with Gasteiger partial charge in [0.1, 0.15) is 0 Å². The van der Waals surface area contributed by atoms with Crippen LogP contribution in [0.5, 0.6) is 0 Å². The van der Waals surface area contributed by atoms with Crippen molar-refractivity contribution in [2.24, 2.45) is 11.7 Å². The van der Waals surface area contributed by atoms with Crippen molar-refractivity contribution >= 4 is 0 Å². The lowest BCUT2D eigenvalue weighted by Crippen LogP contribution is -2.30. The highest BCUT2D eigenvalue weighted by Crippen LogP contribution is 2.28. The van der Waals surface area contributed by atoms with Gasteiger partial charge < -0.3 is 5.73 Å². The summed E-state index contributed by atoms with van der Waals surface area (Å²) < 4.78 is 0. The Morgan fingerprint density at radius 2 is 1.94 bits per heavy atom. The maximum Gasteiger partial charge on any atom is 0.0320 e. The Labute approximate surface area is 98.4 Å². The predicted molar refractivity (Wildman–Crippen MR) is 68.2 cm³/mol. The van der Waals surface area contributed by atoms with Gasteiger partial charge in [0.25, 0.3) is 0 Å². The topological polar surface area (TPSA) is 29.3 Å². The highest BCUT2D eigenvalue weighted by molar-refractivity contribution is 5.18. The fourth-order valence-electron chi connectivity index (χ4n) is 2.54.